The summed E-state index contributed by atoms with van der Waals surface area (Å²) in [5, 5.41) is 12.8. The van der Waals surface area contributed by atoms with Gasteiger partial charge in [0.1, 0.15) is 12.6 Å². The molecule has 0 bridgehead atoms. The first kappa shape index (κ1) is 25.1. The fourth-order valence-electron chi connectivity index (χ4n) is 5.22. The predicted molar refractivity (Wildman–Crippen MR) is 142 cm³/mol. The van der Waals surface area contributed by atoms with Crippen molar-refractivity contribution in [3.05, 3.63) is 59.7 Å². The Bertz CT molecular complexity index is 1020. The first-order valence-corrected chi connectivity index (χ1v) is 13.1. The van der Waals surface area contributed by atoms with Crippen LogP contribution in [0.15, 0.2) is 53.5 Å². The van der Waals surface area contributed by atoms with Crippen molar-refractivity contribution in [3.63, 3.8) is 0 Å². The lowest BCUT2D eigenvalue weighted by Gasteiger charge is -2.38. The van der Waals surface area contributed by atoms with Crippen LogP contribution in [0.3, 0.4) is 0 Å². The second-order valence-corrected chi connectivity index (χ2v) is 10.4. The molecular formula is C29H39N3O3. The summed E-state index contributed by atoms with van der Waals surface area (Å²) in [6, 6.07) is 17.6. The number of rotatable bonds is 9. The van der Waals surface area contributed by atoms with Crippen LogP contribution in [0.5, 0.6) is 0 Å². The number of carboxylic acids is 1. The van der Waals surface area contributed by atoms with Gasteiger partial charge in [-0.05, 0) is 47.9 Å². The van der Waals surface area contributed by atoms with E-state index in [2.05, 4.69) is 54.4 Å². The lowest BCUT2D eigenvalue weighted by Crippen LogP contribution is -2.40. The van der Waals surface area contributed by atoms with E-state index >= 15 is 0 Å². The highest BCUT2D eigenvalue weighted by Crippen LogP contribution is 2.36. The number of amidine groups is 1. The Morgan fingerprint density at radius 2 is 1.86 bits per heavy atom. The summed E-state index contributed by atoms with van der Waals surface area (Å²) in [5.74, 6) is -0.342. The highest BCUT2D eigenvalue weighted by Gasteiger charge is 2.27. The standard InChI is InChI=1S/C29H39N3O3/c1-20(2)18-32(24-12-8-5-9-13-24)27-15-14-23(21(3)16-28(33)34)17-25(27)30-29-31-26(19-35-29)22-10-6-4-7-11-22/h4,6-7,10-11,14-15,17,20-21,24,26H,5,8-9,12-13,16,18-19H2,1-3H3,(H,30,31)(H,33,34)/t21?,26-/m0/s1. The summed E-state index contributed by atoms with van der Waals surface area (Å²) in [4.78, 5) is 18.7. The van der Waals surface area contributed by atoms with Crippen LogP contribution in [0.25, 0.3) is 0 Å². The molecule has 1 aliphatic heterocycles. The van der Waals surface area contributed by atoms with Gasteiger partial charge in [-0.1, -0.05) is 76.4 Å². The van der Waals surface area contributed by atoms with Gasteiger partial charge in [-0.2, -0.15) is 0 Å². The first-order valence-electron chi connectivity index (χ1n) is 13.1. The second kappa shape index (κ2) is 11.6. The molecule has 2 aromatic carbocycles. The Hall–Kier alpha value is -3.02. The van der Waals surface area contributed by atoms with Crippen LogP contribution >= 0.6 is 0 Å². The summed E-state index contributed by atoms with van der Waals surface area (Å²) in [5.41, 5.74) is 4.23. The summed E-state index contributed by atoms with van der Waals surface area (Å²) < 4.78 is 5.98. The molecule has 0 saturated heterocycles. The summed E-state index contributed by atoms with van der Waals surface area (Å²) in [7, 11) is 0. The largest absolute Gasteiger partial charge is 0.481 e. The Morgan fingerprint density at radius 1 is 1.11 bits per heavy atom. The number of aliphatic imine (C=N–C) groups is 1. The Labute approximate surface area is 209 Å². The molecule has 1 aliphatic carbocycles. The summed E-state index contributed by atoms with van der Waals surface area (Å²) >= 11 is 0. The molecule has 188 valence electrons. The molecule has 4 rings (SSSR count). The number of carboxylic acid groups (broad SMARTS) is 1. The van der Waals surface area contributed by atoms with Crippen molar-refractivity contribution in [2.45, 2.75) is 77.3 Å². The van der Waals surface area contributed by atoms with E-state index in [9.17, 15) is 9.90 Å². The zero-order chi connectivity index (χ0) is 24.8. The minimum absolute atomic E-state index is 0.0265. The molecule has 0 amide bonds. The van der Waals surface area contributed by atoms with E-state index in [0.29, 0.717) is 24.6 Å². The third-order valence-electron chi connectivity index (χ3n) is 7.03. The monoisotopic (exact) mass is 477 g/mol. The van der Waals surface area contributed by atoms with Gasteiger partial charge in [-0.25, -0.2) is 4.99 Å². The first-order chi connectivity index (χ1) is 16.9. The number of carbonyl (C=O) groups is 1. The zero-order valence-electron chi connectivity index (χ0n) is 21.2. The SMILES string of the molecule is CC(C)CN(c1ccc(C(C)CC(=O)O)cc1NC1=N[C@H](c2ccccc2)CO1)C1CCCCC1. The molecule has 2 aromatic rings. The molecule has 2 aliphatic rings. The van der Waals surface area contributed by atoms with Gasteiger partial charge in [0.05, 0.1) is 17.8 Å². The molecule has 1 fully saturated rings. The van der Waals surface area contributed by atoms with E-state index in [1.165, 1.54) is 32.1 Å². The quantitative estimate of drug-likeness (QED) is 0.426. The average molecular weight is 478 g/mol. The topological polar surface area (TPSA) is 74.2 Å². The smallest absolute Gasteiger partial charge is 0.303 e. The van der Waals surface area contributed by atoms with Crippen LogP contribution in [-0.4, -0.2) is 36.3 Å². The number of ether oxygens (including phenoxy) is 1. The summed E-state index contributed by atoms with van der Waals surface area (Å²) in [6.07, 6.45) is 6.36. The van der Waals surface area contributed by atoms with Crippen LogP contribution in [0.2, 0.25) is 0 Å². The third kappa shape index (κ3) is 6.56. The van der Waals surface area contributed by atoms with Crippen LogP contribution in [0.1, 0.15) is 82.4 Å². The van der Waals surface area contributed by atoms with Gasteiger partial charge in [0.15, 0.2) is 0 Å². The van der Waals surface area contributed by atoms with Crippen molar-refractivity contribution >= 4 is 23.4 Å². The van der Waals surface area contributed by atoms with E-state index < -0.39 is 5.97 Å². The Kier molecular flexibility index (Phi) is 8.32. The van der Waals surface area contributed by atoms with Crippen molar-refractivity contribution in [1.82, 2.24) is 0 Å². The highest BCUT2D eigenvalue weighted by molar-refractivity contribution is 5.94. The van der Waals surface area contributed by atoms with Crippen LogP contribution in [0.4, 0.5) is 11.4 Å². The molecular weight excluding hydrogens is 438 g/mol. The molecule has 0 aromatic heterocycles. The Balaban J connectivity index is 1.67. The van der Waals surface area contributed by atoms with Gasteiger partial charge in [-0.3, -0.25) is 4.79 Å². The molecule has 6 nitrogen and oxygen atoms in total. The number of aliphatic carboxylic acids is 1. The van der Waals surface area contributed by atoms with Gasteiger partial charge in [0, 0.05) is 12.6 Å². The van der Waals surface area contributed by atoms with Crippen LogP contribution < -0.4 is 10.2 Å². The number of nitrogens with zero attached hydrogens (tertiary/aromatic N) is 2. The number of hydrogen-bond acceptors (Lipinski definition) is 5. The molecule has 2 N–H and O–H groups in total. The zero-order valence-corrected chi connectivity index (χ0v) is 21.2. The van der Waals surface area contributed by atoms with Gasteiger partial charge < -0.3 is 20.1 Å². The van der Waals surface area contributed by atoms with Crippen LogP contribution in [0, 0.1) is 5.92 Å². The van der Waals surface area contributed by atoms with Gasteiger partial charge in [0.2, 0.25) is 0 Å². The van der Waals surface area contributed by atoms with E-state index in [1.807, 2.05) is 25.1 Å². The molecule has 0 spiro atoms. The maximum atomic E-state index is 11.4. The fraction of sp³-hybridized carbons (Fsp3) is 0.517. The highest BCUT2D eigenvalue weighted by atomic mass is 16.5. The minimum atomic E-state index is -0.783. The van der Waals surface area contributed by atoms with Crippen molar-refractivity contribution in [2.75, 3.05) is 23.4 Å². The Morgan fingerprint density at radius 3 is 2.54 bits per heavy atom. The van der Waals surface area contributed by atoms with Crippen molar-refractivity contribution < 1.29 is 14.6 Å². The van der Waals surface area contributed by atoms with Gasteiger partial charge in [-0.15, -0.1) is 0 Å². The normalized spacial score (nSPS) is 19.2. The fourth-order valence-corrected chi connectivity index (χ4v) is 5.22. The van der Waals surface area contributed by atoms with Gasteiger partial charge >= 0.3 is 5.97 Å². The maximum absolute atomic E-state index is 11.4. The predicted octanol–water partition coefficient (Wildman–Crippen LogP) is 6.60. The maximum Gasteiger partial charge on any atom is 0.303 e. The third-order valence-corrected chi connectivity index (χ3v) is 7.03. The molecule has 1 unspecified atom stereocenters. The van der Waals surface area contributed by atoms with E-state index in [-0.39, 0.29) is 18.4 Å². The van der Waals surface area contributed by atoms with Crippen molar-refractivity contribution in [2.24, 2.45) is 10.9 Å². The van der Waals surface area contributed by atoms with Gasteiger partial charge in [0.25, 0.3) is 6.02 Å². The number of anilines is 2. The molecule has 0 radical (unpaired) electrons. The number of nitrogens with one attached hydrogen (secondary N) is 1. The van der Waals surface area contributed by atoms with Crippen molar-refractivity contribution in [1.29, 1.82) is 0 Å². The lowest BCUT2D eigenvalue weighted by molar-refractivity contribution is -0.137. The van der Waals surface area contributed by atoms with Crippen molar-refractivity contribution in [3.8, 4) is 0 Å². The second-order valence-electron chi connectivity index (χ2n) is 10.4. The number of hydrogen-bond donors (Lipinski definition) is 2. The molecule has 1 heterocycles. The molecule has 2 atom stereocenters. The number of benzene rings is 2. The molecule has 6 heteroatoms. The van der Waals surface area contributed by atoms with Crippen LogP contribution in [-0.2, 0) is 9.53 Å². The average Bonchev–Trinajstić information content (AvgIpc) is 3.32. The van der Waals surface area contributed by atoms with E-state index in [1.54, 1.807) is 0 Å². The van der Waals surface area contributed by atoms with E-state index in [4.69, 9.17) is 9.73 Å². The minimum Gasteiger partial charge on any atom is -0.481 e. The van der Waals surface area contributed by atoms with E-state index in [0.717, 1.165) is 29.0 Å². The lowest BCUT2D eigenvalue weighted by atomic mass is 9.92. The summed E-state index contributed by atoms with van der Waals surface area (Å²) in [6.45, 7) is 7.98. The molecule has 1 saturated carbocycles. The molecule has 35 heavy (non-hydrogen) atoms.